The maximum Gasteiger partial charge on any atom is 0.0580 e. The van der Waals surface area contributed by atoms with Crippen LogP contribution in [-0.4, -0.2) is 12.7 Å². The van der Waals surface area contributed by atoms with Gasteiger partial charge in [-0.15, -0.1) is 0 Å². The van der Waals surface area contributed by atoms with E-state index in [0.29, 0.717) is 6.10 Å². The molecule has 0 aromatic rings. The van der Waals surface area contributed by atoms with Gasteiger partial charge in [-0.2, -0.15) is 0 Å². The van der Waals surface area contributed by atoms with E-state index in [1.54, 1.807) is 0 Å². The molecule has 0 amide bonds. The molecule has 0 unspecified atom stereocenters. The number of rotatable bonds is 8. The van der Waals surface area contributed by atoms with E-state index in [9.17, 15) is 0 Å². The lowest BCUT2D eigenvalue weighted by molar-refractivity contribution is -0.0354. The fraction of sp³-hybridized carbons (Fsp3) is 1.00. The molecule has 0 N–H and O–H groups in total. The molecular formula is C15H30O. The van der Waals surface area contributed by atoms with Crippen molar-refractivity contribution in [1.82, 2.24) is 0 Å². The van der Waals surface area contributed by atoms with Crippen molar-refractivity contribution in [3.05, 3.63) is 0 Å². The maximum atomic E-state index is 5.87. The third-order valence-corrected chi connectivity index (χ3v) is 3.62. The molecule has 96 valence electrons. The van der Waals surface area contributed by atoms with E-state index in [2.05, 4.69) is 27.7 Å². The fourth-order valence-electron chi connectivity index (χ4n) is 2.36. The van der Waals surface area contributed by atoms with Gasteiger partial charge >= 0.3 is 0 Å². The predicted octanol–water partition coefficient (Wildman–Crippen LogP) is 4.65. The minimum Gasteiger partial charge on any atom is -0.378 e. The van der Waals surface area contributed by atoms with E-state index in [1.165, 1.54) is 38.5 Å². The lowest BCUT2D eigenvalue weighted by Gasteiger charge is -2.35. The molecule has 0 saturated heterocycles. The lowest BCUT2D eigenvalue weighted by Crippen LogP contribution is -2.31. The van der Waals surface area contributed by atoms with Crippen LogP contribution in [0.5, 0.6) is 0 Å². The molecule has 1 aliphatic carbocycles. The predicted molar refractivity (Wildman–Crippen MR) is 70.6 cm³/mol. The fourth-order valence-corrected chi connectivity index (χ4v) is 2.36. The zero-order valence-corrected chi connectivity index (χ0v) is 11.7. The highest BCUT2D eigenvalue weighted by molar-refractivity contribution is 4.80. The molecular weight excluding hydrogens is 196 g/mol. The van der Waals surface area contributed by atoms with Gasteiger partial charge in [0.25, 0.3) is 0 Å². The molecule has 0 aromatic heterocycles. The largest absolute Gasteiger partial charge is 0.378 e. The second-order valence-corrected chi connectivity index (χ2v) is 6.34. The van der Waals surface area contributed by atoms with Gasteiger partial charge < -0.3 is 4.74 Å². The van der Waals surface area contributed by atoms with Gasteiger partial charge in [0.05, 0.1) is 6.10 Å². The van der Waals surface area contributed by atoms with Crippen LogP contribution in [0.15, 0.2) is 0 Å². The molecule has 1 nitrogen and oxygen atoms in total. The smallest absolute Gasteiger partial charge is 0.0580 e. The minimum absolute atomic E-state index is 0.601. The summed E-state index contributed by atoms with van der Waals surface area (Å²) in [5, 5.41) is 0. The highest BCUT2D eigenvalue weighted by Gasteiger charge is 2.29. The van der Waals surface area contributed by atoms with Gasteiger partial charge in [-0.1, -0.05) is 40.5 Å². The van der Waals surface area contributed by atoms with E-state index in [-0.39, 0.29) is 0 Å². The zero-order valence-electron chi connectivity index (χ0n) is 11.7. The van der Waals surface area contributed by atoms with Gasteiger partial charge in [0.15, 0.2) is 0 Å². The van der Waals surface area contributed by atoms with Crippen LogP contribution in [0.4, 0.5) is 0 Å². The summed E-state index contributed by atoms with van der Waals surface area (Å²) in [5.74, 6) is 2.66. The molecule has 1 rings (SSSR count). The summed E-state index contributed by atoms with van der Waals surface area (Å²) < 4.78 is 5.87. The Labute approximate surface area is 102 Å². The van der Waals surface area contributed by atoms with E-state index in [4.69, 9.17) is 4.74 Å². The standard InChI is InChI=1S/C15H30O/c1-12(2)6-5-9-16-15-10-14(11-15)8-7-13(3)4/h12-15H,5-11H2,1-4H3. The SMILES string of the molecule is CC(C)CCCOC1CC(CCC(C)C)C1. The molecule has 0 heterocycles. The Kier molecular flexibility index (Phi) is 6.41. The van der Waals surface area contributed by atoms with Gasteiger partial charge in [0.1, 0.15) is 0 Å². The summed E-state index contributed by atoms with van der Waals surface area (Å²) in [5.41, 5.74) is 0. The van der Waals surface area contributed by atoms with Crippen LogP contribution < -0.4 is 0 Å². The van der Waals surface area contributed by atoms with E-state index >= 15 is 0 Å². The van der Waals surface area contributed by atoms with Crippen molar-refractivity contribution in [2.45, 2.75) is 72.3 Å². The van der Waals surface area contributed by atoms with Crippen molar-refractivity contribution in [1.29, 1.82) is 0 Å². The van der Waals surface area contributed by atoms with E-state index in [0.717, 1.165) is 24.4 Å². The Bertz CT molecular complexity index is 166. The molecule has 0 aliphatic heterocycles. The maximum absolute atomic E-state index is 5.87. The van der Waals surface area contributed by atoms with E-state index < -0.39 is 0 Å². The van der Waals surface area contributed by atoms with Crippen molar-refractivity contribution in [2.75, 3.05) is 6.61 Å². The topological polar surface area (TPSA) is 9.23 Å². The first kappa shape index (κ1) is 14.0. The summed E-state index contributed by atoms with van der Waals surface area (Å²) in [6, 6.07) is 0. The molecule has 0 spiro atoms. The Morgan fingerprint density at radius 3 is 2.19 bits per heavy atom. The van der Waals surface area contributed by atoms with Crippen molar-refractivity contribution in [2.24, 2.45) is 17.8 Å². The summed E-state index contributed by atoms with van der Waals surface area (Å²) in [6.45, 7) is 10.2. The van der Waals surface area contributed by atoms with Gasteiger partial charge in [-0.05, 0) is 43.4 Å². The molecule has 0 radical (unpaired) electrons. The first-order valence-corrected chi connectivity index (χ1v) is 7.19. The van der Waals surface area contributed by atoms with Crippen molar-refractivity contribution < 1.29 is 4.74 Å². The van der Waals surface area contributed by atoms with Crippen LogP contribution in [0.3, 0.4) is 0 Å². The first-order valence-electron chi connectivity index (χ1n) is 7.19. The Hall–Kier alpha value is -0.0400. The van der Waals surface area contributed by atoms with Crippen LogP contribution >= 0.6 is 0 Å². The molecule has 16 heavy (non-hydrogen) atoms. The van der Waals surface area contributed by atoms with E-state index in [1.807, 2.05) is 0 Å². The van der Waals surface area contributed by atoms with Gasteiger partial charge in [0, 0.05) is 6.61 Å². The Morgan fingerprint density at radius 2 is 1.62 bits per heavy atom. The summed E-state index contributed by atoms with van der Waals surface area (Å²) >= 11 is 0. The Balaban J connectivity index is 1.88. The summed E-state index contributed by atoms with van der Waals surface area (Å²) in [6.07, 6.45) is 8.62. The monoisotopic (exact) mass is 226 g/mol. The second kappa shape index (κ2) is 7.32. The van der Waals surface area contributed by atoms with Crippen LogP contribution in [0, 0.1) is 17.8 Å². The quantitative estimate of drug-likeness (QED) is 0.547. The highest BCUT2D eigenvalue weighted by Crippen LogP contribution is 2.34. The Morgan fingerprint density at radius 1 is 1.00 bits per heavy atom. The summed E-state index contributed by atoms with van der Waals surface area (Å²) in [4.78, 5) is 0. The lowest BCUT2D eigenvalue weighted by atomic mass is 9.78. The third-order valence-electron chi connectivity index (χ3n) is 3.62. The molecule has 1 heteroatoms. The molecule has 0 atom stereocenters. The van der Waals surface area contributed by atoms with Crippen LogP contribution in [0.2, 0.25) is 0 Å². The summed E-state index contributed by atoms with van der Waals surface area (Å²) in [7, 11) is 0. The van der Waals surface area contributed by atoms with Crippen molar-refractivity contribution in [3.8, 4) is 0 Å². The van der Waals surface area contributed by atoms with Gasteiger partial charge in [-0.25, -0.2) is 0 Å². The zero-order chi connectivity index (χ0) is 12.0. The van der Waals surface area contributed by atoms with Crippen LogP contribution in [-0.2, 0) is 4.74 Å². The van der Waals surface area contributed by atoms with Gasteiger partial charge in [-0.3, -0.25) is 0 Å². The molecule has 1 fully saturated rings. The van der Waals surface area contributed by atoms with Crippen molar-refractivity contribution in [3.63, 3.8) is 0 Å². The normalized spacial score (nSPS) is 25.1. The third kappa shape index (κ3) is 5.89. The highest BCUT2D eigenvalue weighted by atomic mass is 16.5. The first-order chi connectivity index (χ1) is 7.58. The average Bonchev–Trinajstić information content (AvgIpc) is 2.12. The molecule has 0 aromatic carbocycles. The van der Waals surface area contributed by atoms with Gasteiger partial charge in [0.2, 0.25) is 0 Å². The molecule has 1 aliphatic rings. The van der Waals surface area contributed by atoms with Crippen LogP contribution in [0.25, 0.3) is 0 Å². The molecule has 1 saturated carbocycles. The van der Waals surface area contributed by atoms with Crippen molar-refractivity contribution >= 4 is 0 Å². The number of ether oxygens (including phenoxy) is 1. The molecule has 0 bridgehead atoms. The average molecular weight is 226 g/mol. The number of hydrogen-bond donors (Lipinski definition) is 0. The number of hydrogen-bond acceptors (Lipinski definition) is 1. The second-order valence-electron chi connectivity index (χ2n) is 6.34. The van der Waals surface area contributed by atoms with Crippen LogP contribution in [0.1, 0.15) is 66.2 Å². The minimum atomic E-state index is 0.601.